The van der Waals surface area contributed by atoms with Crippen molar-refractivity contribution in [1.82, 2.24) is 0 Å². The van der Waals surface area contributed by atoms with Gasteiger partial charge in [-0.15, -0.1) is 0 Å². The highest BCUT2D eigenvalue weighted by Gasteiger charge is 2.11. The van der Waals surface area contributed by atoms with Gasteiger partial charge in [-0.1, -0.05) is 30.3 Å². The summed E-state index contributed by atoms with van der Waals surface area (Å²) in [5, 5.41) is 2.89. The molecule has 1 heterocycles. The molecule has 3 rings (SSSR count). The summed E-state index contributed by atoms with van der Waals surface area (Å²) < 4.78 is 19.4. The van der Waals surface area contributed by atoms with Crippen molar-refractivity contribution in [1.29, 1.82) is 0 Å². The molecule has 0 aliphatic carbocycles. The lowest BCUT2D eigenvalue weighted by atomic mass is 10.1. The summed E-state index contributed by atoms with van der Waals surface area (Å²) in [4.78, 5) is 12.1. The van der Waals surface area contributed by atoms with Crippen LogP contribution in [0.3, 0.4) is 0 Å². The third-order valence-electron chi connectivity index (χ3n) is 3.82. The number of rotatable bonds is 5. The van der Waals surface area contributed by atoms with Gasteiger partial charge in [-0.25, -0.2) is 4.39 Å². The molecule has 2 aromatic carbocycles. The third kappa shape index (κ3) is 3.71. The molecule has 0 aliphatic heterocycles. The number of nitrogens with one attached hydrogen (secondary N) is 1. The van der Waals surface area contributed by atoms with Crippen molar-refractivity contribution in [3.8, 4) is 11.3 Å². The number of halogens is 1. The predicted molar refractivity (Wildman–Crippen MR) is 92.2 cm³/mol. The van der Waals surface area contributed by atoms with E-state index in [2.05, 4.69) is 5.32 Å². The second kappa shape index (κ2) is 7.13. The molecule has 0 aliphatic rings. The number of aryl methyl sites for hydroxylation is 2. The highest BCUT2D eigenvalue weighted by Crippen LogP contribution is 2.25. The predicted octanol–water partition coefficient (Wildman–Crippen LogP) is 4.97. The highest BCUT2D eigenvalue weighted by atomic mass is 19.1. The molecule has 3 aromatic rings. The Labute approximate surface area is 140 Å². The van der Waals surface area contributed by atoms with Gasteiger partial charge in [0.25, 0.3) is 0 Å². The summed E-state index contributed by atoms with van der Waals surface area (Å²) >= 11 is 0. The maximum atomic E-state index is 13.8. The number of benzene rings is 2. The highest BCUT2D eigenvalue weighted by molar-refractivity contribution is 5.91. The van der Waals surface area contributed by atoms with Gasteiger partial charge in [-0.3, -0.25) is 4.79 Å². The van der Waals surface area contributed by atoms with Crippen LogP contribution >= 0.6 is 0 Å². The Balaban J connectivity index is 1.61. The Morgan fingerprint density at radius 1 is 1.04 bits per heavy atom. The second-order valence-electron chi connectivity index (χ2n) is 5.61. The molecule has 0 atom stereocenters. The average molecular weight is 323 g/mol. The molecule has 1 aromatic heterocycles. The molecular formula is C20H18FNO2. The molecule has 122 valence electrons. The van der Waals surface area contributed by atoms with E-state index in [1.165, 1.54) is 6.07 Å². The first kappa shape index (κ1) is 16.0. The number of anilines is 1. The quantitative estimate of drug-likeness (QED) is 0.720. The lowest BCUT2D eigenvalue weighted by Gasteiger charge is -2.07. The molecule has 3 nitrogen and oxygen atoms in total. The van der Waals surface area contributed by atoms with Gasteiger partial charge < -0.3 is 9.73 Å². The topological polar surface area (TPSA) is 42.2 Å². The van der Waals surface area contributed by atoms with Crippen LogP contribution in [0.1, 0.15) is 17.7 Å². The smallest absolute Gasteiger partial charge is 0.224 e. The van der Waals surface area contributed by atoms with E-state index < -0.39 is 0 Å². The summed E-state index contributed by atoms with van der Waals surface area (Å²) in [5.41, 5.74) is 2.26. The van der Waals surface area contributed by atoms with Gasteiger partial charge in [0.15, 0.2) is 0 Å². The standard InChI is InChI=1S/C20H18FNO2/c1-14-6-2-5-9-18(14)22-20(23)13-11-15-10-12-19(24-15)16-7-3-4-8-17(16)21/h2-10,12H,11,13H2,1H3,(H,22,23). The molecule has 24 heavy (non-hydrogen) atoms. The van der Waals surface area contributed by atoms with Gasteiger partial charge in [-0.05, 0) is 42.8 Å². The number of carbonyl (C=O) groups excluding carboxylic acids is 1. The first-order chi connectivity index (χ1) is 11.6. The molecule has 0 saturated heterocycles. The lowest BCUT2D eigenvalue weighted by Crippen LogP contribution is -2.12. The average Bonchev–Trinajstić information content (AvgIpc) is 3.04. The number of para-hydroxylation sites is 1. The maximum absolute atomic E-state index is 13.8. The van der Waals surface area contributed by atoms with Gasteiger partial charge in [0, 0.05) is 18.5 Å². The lowest BCUT2D eigenvalue weighted by molar-refractivity contribution is -0.116. The van der Waals surface area contributed by atoms with Gasteiger partial charge in [0.1, 0.15) is 17.3 Å². The normalized spacial score (nSPS) is 10.6. The minimum absolute atomic E-state index is 0.0758. The Bertz CT molecular complexity index is 854. The SMILES string of the molecule is Cc1ccccc1NC(=O)CCc1ccc(-c2ccccc2F)o1. The number of hydrogen-bond acceptors (Lipinski definition) is 2. The van der Waals surface area contributed by atoms with Gasteiger partial charge in [0.05, 0.1) is 5.56 Å². The summed E-state index contributed by atoms with van der Waals surface area (Å²) in [5.74, 6) is 0.736. The molecule has 4 heteroatoms. The van der Waals surface area contributed by atoms with Crippen molar-refractivity contribution < 1.29 is 13.6 Å². The summed E-state index contributed by atoms with van der Waals surface area (Å²) in [6.45, 7) is 1.95. The van der Waals surface area contributed by atoms with E-state index in [9.17, 15) is 9.18 Å². The van der Waals surface area contributed by atoms with Crippen molar-refractivity contribution in [3.05, 3.63) is 77.8 Å². The number of hydrogen-bond donors (Lipinski definition) is 1. The molecule has 0 saturated carbocycles. The zero-order chi connectivity index (χ0) is 16.9. The van der Waals surface area contributed by atoms with Gasteiger partial charge in [-0.2, -0.15) is 0 Å². The Kier molecular flexibility index (Phi) is 4.75. The number of amides is 1. The first-order valence-electron chi connectivity index (χ1n) is 7.82. The molecule has 0 bridgehead atoms. The number of furan rings is 1. The van der Waals surface area contributed by atoms with Crippen LogP contribution in [-0.4, -0.2) is 5.91 Å². The third-order valence-corrected chi connectivity index (χ3v) is 3.82. The molecule has 0 unspecified atom stereocenters. The van der Waals surface area contributed by atoms with Crippen molar-refractivity contribution in [2.75, 3.05) is 5.32 Å². The van der Waals surface area contributed by atoms with E-state index >= 15 is 0 Å². The maximum Gasteiger partial charge on any atom is 0.224 e. The minimum Gasteiger partial charge on any atom is -0.461 e. The minimum atomic E-state index is -0.323. The van der Waals surface area contributed by atoms with Crippen molar-refractivity contribution in [3.63, 3.8) is 0 Å². The molecule has 0 radical (unpaired) electrons. The van der Waals surface area contributed by atoms with Crippen molar-refractivity contribution >= 4 is 11.6 Å². The molecule has 1 amide bonds. The fourth-order valence-electron chi connectivity index (χ4n) is 2.48. The Morgan fingerprint density at radius 2 is 1.79 bits per heavy atom. The summed E-state index contributed by atoms with van der Waals surface area (Å²) in [7, 11) is 0. The van der Waals surface area contributed by atoms with Crippen LogP contribution in [0.5, 0.6) is 0 Å². The molecule has 1 N–H and O–H groups in total. The Morgan fingerprint density at radius 3 is 2.58 bits per heavy atom. The molecule has 0 spiro atoms. The second-order valence-corrected chi connectivity index (χ2v) is 5.61. The van der Waals surface area contributed by atoms with E-state index in [0.29, 0.717) is 29.9 Å². The van der Waals surface area contributed by atoms with Gasteiger partial charge >= 0.3 is 0 Å². The van der Waals surface area contributed by atoms with Crippen LogP contribution in [-0.2, 0) is 11.2 Å². The first-order valence-corrected chi connectivity index (χ1v) is 7.82. The number of carbonyl (C=O) groups is 1. The fraction of sp³-hybridized carbons (Fsp3) is 0.150. The van der Waals surface area contributed by atoms with E-state index in [0.717, 1.165) is 11.3 Å². The zero-order valence-corrected chi connectivity index (χ0v) is 13.4. The fourth-order valence-corrected chi connectivity index (χ4v) is 2.48. The largest absolute Gasteiger partial charge is 0.461 e. The van der Waals surface area contributed by atoms with Crippen LogP contribution in [0.2, 0.25) is 0 Å². The van der Waals surface area contributed by atoms with Gasteiger partial charge in [0.2, 0.25) is 5.91 Å². The van der Waals surface area contributed by atoms with E-state index in [4.69, 9.17) is 4.42 Å². The van der Waals surface area contributed by atoms with E-state index in [1.807, 2.05) is 31.2 Å². The molecule has 0 fully saturated rings. The van der Waals surface area contributed by atoms with Crippen LogP contribution < -0.4 is 5.32 Å². The molecular weight excluding hydrogens is 305 g/mol. The zero-order valence-electron chi connectivity index (χ0n) is 13.4. The van der Waals surface area contributed by atoms with E-state index in [1.54, 1.807) is 30.3 Å². The van der Waals surface area contributed by atoms with Crippen LogP contribution in [0.25, 0.3) is 11.3 Å². The summed E-state index contributed by atoms with van der Waals surface area (Å²) in [6.07, 6.45) is 0.769. The Hall–Kier alpha value is -2.88. The monoisotopic (exact) mass is 323 g/mol. The van der Waals surface area contributed by atoms with E-state index in [-0.39, 0.29) is 11.7 Å². The summed E-state index contributed by atoms with van der Waals surface area (Å²) in [6, 6.07) is 17.6. The van der Waals surface area contributed by atoms with Crippen LogP contribution in [0.4, 0.5) is 10.1 Å². The van der Waals surface area contributed by atoms with Crippen molar-refractivity contribution in [2.45, 2.75) is 19.8 Å². The van der Waals surface area contributed by atoms with Crippen LogP contribution in [0, 0.1) is 12.7 Å². The van der Waals surface area contributed by atoms with Crippen molar-refractivity contribution in [2.24, 2.45) is 0 Å². The van der Waals surface area contributed by atoms with Crippen LogP contribution in [0.15, 0.2) is 65.1 Å².